The molecule has 0 spiro atoms. The molecule has 1 atom stereocenters. The molecule has 3 fully saturated rings. The Bertz CT molecular complexity index is 1060. The lowest BCUT2D eigenvalue weighted by Gasteiger charge is -2.42. The number of rotatable bonds is 9. The number of likely N-dealkylation sites (tertiary alicyclic amines) is 1. The number of amides is 4. The summed E-state index contributed by atoms with van der Waals surface area (Å²) in [6, 6.07) is 1.06. The largest absolute Gasteiger partial charge is 0.465 e. The summed E-state index contributed by atoms with van der Waals surface area (Å²) < 4.78 is 17.2. The average Bonchev–Trinajstić information content (AvgIpc) is 3.06. The van der Waals surface area contributed by atoms with Gasteiger partial charge >= 0.3 is 12.2 Å². The van der Waals surface area contributed by atoms with Crippen LogP contribution in [0.1, 0.15) is 107 Å². The molecule has 1 unspecified atom stereocenters. The molecule has 2 aliphatic carbocycles. The van der Waals surface area contributed by atoms with Crippen LogP contribution >= 0.6 is 0 Å². The van der Waals surface area contributed by atoms with Crippen LogP contribution in [0.5, 0.6) is 0 Å². The third-order valence-corrected chi connectivity index (χ3v) is 10.5. The summed E-state index contributed by atoms with van der Waals surface area (Å²) in [5.74, 6) is -0.567. The van der Waals surface area contributed by atoms with E-state index >= 15 is 0 Å². The smallest absolute Gasteiger partial charge is 0.407 e. The fourth-order valence-corrected chi connectivity index (χ4v) is 6.97. The maximum absolute atomic E-state index is 13.0. The molecule has 3 aliphatic rings. The Balaban J connectivity index is 0.000000427. The van der Waals surface area contributed by atoms with Gasteiger partial charge in [-0.25, -0.2) is 9.59 Å². The molecule has 13 heteroatoms. The second-order valence-corrected chi connectivity index (χ2v) is 22.7. The third-order valence-electron chi connectivity index (χ3n) is 8.84. The third kappa shape index (κ3) is 13.0. The van der Waals surface area contributed by atoms with Gasteiger partial charge in [0.05, 0.1) is 17.6 Å². The molecule has 1 aliphatic heterocycles. The maximum Gasteiger partial charge on any atom is 0.407 e. The van der Waals surface area contributed by atoms with Crippen molar-refractivity contribution in [3.8, 4) is 0 Å². The Morgan fingerprint density at radius 3 is 1.98 bits per heavy atom. The van der Waals surface area contributed by atoms with Gasteiger partial charge in [0, 0.05) is 32.3 Å². The summed E-state index contributed by atoms with van der Waals surface area (Å²) in [5, 5.41) is 21.5. The quantitative estimate of drug-likeness (QED) is 0.151. The van der Waals surface area contributed by atoms with Crippen LogP contribution in [0, 0.1) is 5.41 Å². The van der Waals surface area contributed by atoms with Crippen molar-refractivity contribution in [2.24, 2.45) is 5.41 Å². The van der Waals surface area contributed by atoms with E-state index in [1.54, 1.807) is 13.8 Å². The highest BCUT2D eigenvalue weighted by molar-refractivity contribution is 6.76. The minimum absolute atomic E-state index is 0.0159. The second-order valence-electron chi connectivity index (χ2n) is 17.1. The van der Waals surface area contributed by atoms with Gasteiger partial charge in [-0.15, -0.1) is 0 Å². The second kappa shape index (κ2) is 16.5. The first kappa shape index (κ1) is 40.9. The molecule has 0 bridgehead atoms. The Kier molecular flexibility index (Phi) is 14.3. The average molecular weight is 686 g/mol. The Morgan fingerprint density at radius 2 is 1.51 bits per heavy atom. The van der Waals surface area contributed by atoms with Crippen molar-refractivity contribution in [2.75, 3.05) is 13.3 Å². The van der Waals surface area contributed by atoms with Gasteiger partial charge in [0.2, 0.25) is 5.91 Å². The van der Waals surface area contributed by atoms with E-state index in [0.29, 0.717) is 32.3 Å². The molecule has 1 heterocycles. The van der Waals surface area contributed by atoms with E-state index in [1.165, 1.54) is 9.80 Å². The molecular formula is C34H63N3O9Si. The van der Waals surface area contributed by atoms with Crippen molar-refractivity contribution in [3.05, 3.63) is 0 Å². The van der Waals surface area contributed by atoms with E-state index < -0.39 is 37.4 Å². The topological polar surface area (TPSA) is 155 Å². The summed E-state index contributed by atoms with van der Waals surface area (Å²) in [6.45, 7) is 22.0. The number of imide groups is 1. The van der Waals surface area contributed by atoms with Crippen molar-refractivity contribution in [3.63, 3.8) is 0 Å². The molecule has 4 amide bonds. The van der Waals surface area contributed by atoms with Crippen LogP contribution in [0.15, 0.2) is 0 Å². The number of hydrogen-bond donors (Lipinski definition) is 3. The van der Waals surface area contributed by atoms with Crippen LogP contribution in [-0.2, 0) is 23.8 Å². The molecule has 3 rings (SSSR count). The van der Waals surface area contributed by atoms with Gasteiger partial charge in [-0.05, 0) is 113 Å². The maximum atomic E-state index is 13.0. The predicted octanol–water partition coefficient (Wildman–Crippen LogP) is 5.98. The first-order chi connectivity index (χ1) is 21.4. The fourth-order valence-electron chi connectivity index (χ4n) is 6.21. The fraction of sp³-hybridized carbons (Fsp3) is 0.882. The van der Waals surface area contributed by atoms with Crippen molar-refractivity contribution in [1.82, 2.24) is 15.1 Å². The van der Waals surface area contributed by atoms with Crippen LogP contribution < -0.4 is 5.32 Å². The molecule has 47 heavy (non-hydrogen) atoms. The van der Waals surface area contributed by atoms with Gasteiger partial charge in [-0.2, -0.15) is 0 Å². The van der Waals surface area contributed by atoms with Gasteiger partial charge < -0.3 is 34.6 Å². The first-order valence-corrected chi connectivity index (χ1v) is 20.9. The van der Waals surface area contributed by atoms with E-state index in [4.69, 9.17) is 14.2 Å². The van der Waals surface area contributed by atoms with Crippen molar-refractivity contribution in [1.29, 1.82) is 0 Å². The van der Waals surface area contributed by atoms with Crippen LogP contribution in [0.3, 0.4) is 0 Å². The van der Waals surface area contributed by atoms with Gasteiger partial charge in [-0.1, -0.05) is 19.6 Å². The Labute approximate surface area is 283 Å². The number of ether oxygens (including phenoxy) is 3. The van der Waals surface area contributed by atoms with Gasteiger partial charge in [0.25, 0.3) is 5.91 Å². The summed E-state index contributed by atoms with van der Waals surface area (Å²) in [7, 11) is -1.24. The summed E-state index contributed by atoms with van der Waals surface area (Å²) >= 11 is 0. The molecule has 1 saturated heterocycles. The Morgan fingerprint density at radius 1 is 0.957 bits per heavy atom. The van der Waals surface area contributed by atoms with Gasteiger partial charge in [-0.3, -0.25) is 14.5 Å². The minimum Gasteiger partial charge on any atom is -0.465 e. The van der Waals surface area contributed by atoms with Crippen molar-refractivity contribution in [2.45, 2.75) is 174 Å². The number of carbonyl (C=O) groups is 4. The number of alkyl carbamates (subject to hydrolysis) is 1. The number of hydrogen-bond acceptors (Lipinski definition) is 8. The van der Waals surface area contributed by atoms with Crippen LogP contribution in [-0.4, -0.2) is 107 Å². The number of nitrogens with one attached hydrogen (secondary N) is 1. The van der Waals surface area contributed by atoms with Gasteiger partial charge in [0.1, 0.15) is 12.3 Å². The van der Waals surface area contributed by atoms with Gasteiger partial charge in [0.15, 0.2) is 6.10 Å². The summed E-state index contributed by atoms with van der Waals surface area (Å²) in [4.78, 5) is 51.7. The normalized spacial score (nSPS) is 26.7. The summed E-state index contributed by atoms with van der Waals surface area (Å²) in [5.41, 5.74) is -1.82. The first-order valence-electron chi connectivity index (χ1n) is 17.2. The molecular weight excluding hydrogens is 622 g/mol. The highest BCUT2D eigenvalue weighted by Gasteiger charge is 2.55. The molecule has 272 valence electrons. The van der Waals surface area contributed by atoms with E-state index in [1.807, 2.05) is 41.5 Å². The van der Waals surface area contributed by atoms with E-state index in [2.05, 4.69) is 25.0 Å². The number of nitrogens with zero attached hydrogens (tertiary/aromatic N) is 2. The summed E-state index contributed by atoms with van der Waals surface area (Å²) in [6.07, 6.45) is 3.42. The molecule has 12 nitrogen and oxygen atoms in total. The molecule has 0 aromatic heterocycles. The molecule has 0 radical (unpaired) electrons. The standard InChI is InChI=1S/C23H42N2O6Si.C11H21NO3/c1-22(2,3)31-21(28)24-16-9-11-17(12-10-16)30-18-19(26)25(20(27)23(18,4)5)15-29-13-14-32(6,7)8;1-11(2,3)12(10(14)15)8-4-6-9(13)7-5-8/h16-18H,9-15H2,1-8H3,(H,24,28);8-9,13H,4-7H2,1-3H3,(H,14,15). The lowest BCUT2D eigenvalue weighted by atomic mass is 9.87. The highest BCUT2D eigenvalue weighted by Crippen LogP contribution is 2.37. The number of aliphatic hydroxyl groups is 1. The van der Waals surface area contributed by atoms with Crippen LogP contribution in [0.4, 0.5) is 9.59 Å². The lowest BCUT2D eigenvalue weighted by Crippen LogP contribution is -2.52. The molecule has 0 aromatic carbocycles. The van der Waals surface area contributed by atoms with Crippen molar-refractivity contribution < 1.29 is 43.6 Å². The molecule has 3 N–H and O–H groups in total. The Hall–Kier alpha value is -2.22. The van der Waals surface area contributed by atoms with Crippen LogP contribution in [0.2, 0.25) is 25.7 Å². The minimum atomic E-state index is -1.24. The zero-order valence-electron chi connectivity index (χ0n) is 30.8. The van der Waals surface area contributed by atoms with Crippen LogP contribution in [0.25, 0.3) is 0 Å². The van der Waals surface area contributed by atoms with E-state index in [-0.39, 0.29) is 48.4 Å². The monoisotopic (exact) mass is 685 g/mol. The van der Waals surface area contributed by atoms with E-state index in [0.717, 1.165) is 31.7 Å². The number of carbonyl (C=O) groups excluding carboxylic acids is 3. The zero-order chi connectivity index (χ0) is 36.0. The number of aliphatic hydroxyl groups excluding tert-OH is 1. The van der Waals surface area contributed by atoms with Crippen molar-refractivity contribution >= 4 is 32.1 Å². The predicted molar refractivity (Wildman–Crippen MR) is 183 cm³/mol. The molecule has 0 aromatic rings. The zero-order valence-corrected chi connectivity index (χ0v) is 31.8. The van der Waals surface area contributed by atoms with E-state index in [9.17, 15) is 29.4 Å². The SMILES string of the molecule is CC(C)(C)N(C(=O)O)C1CCC(O)CC1.CC(C)(C)OC(=O)NC1CCC(OC2C(=O)N(COCC[Si](C)(C)C)C(=O)C2(C)C)CC1. The highest BCUT2D eigenvalue weighted by atomic mass is 28.3. The molecule has 2 saturated carbocycles. The number of carboxylic acid groups (broad SMARTS) is 1. The lowest BCUT2D eigenvalue weighted by molar-refractivity contribution is -0.150.